The van der Waals surface area contributed by atoms with Gasteiger partial charge in [-0.3, -0.25) is 0 Å². The molecule has 1 fully saturated rings. The van der Waals surface area contributed by atoms with E-state index in [2.05, 4.69) is 21.0 Å². The molecule has 8 heteroatoms. The van der Waals surface area contributed by atoms with Crippen molar-refractivity contribution in [2.75, 3.05) is 38.1 Å². The zero-order valence-electron chi connectivity index (χ0n) is 14.4. The van der Waals surface area contributed by atoms with Crippen LogP contribution in [0.4, 0.5) is 21.9 Å². The van der Waals surface area contributed by atoms with Gasteiger partial charge in [0, 0.05) is 42.0 Å². The third-order valence-corrected chi connectivity index (χ3v) is 5.44. The number of halogens is 1. The van der Waals surface area contributed by atoms with E-state index in [1.807, 2.05) is 25.1 Å². The summed E-state index contributed by atoms with van der Waals surface area (Å²) in [4.78, 5) is 20.8. The number of hydrogen-bond donors (Lipinski definition) is 1. The highest BCUT2D eigenvalue weighted by Gasteiger charge is 2.27. The lowest BCUT2D eigenvalue weighted by Gasteiger charge is -2.35. The topological polar surface area (TPSA) is 57.2 Å². The van der Waals surface area contributed by atoms with Gasteiger partial charge in [-0.25, -0.2) is 9.79 Å². The Kier molecular flexibility index (Phi) is 4.74. The normalized spacial score (nSPS) is 16.2. The Balaban J connectivity index is 1.62. The molecular formula is C18H19ClN4O2S. The van der Waals surface area contributed by atoms with Gasteiger partial charge in [0.1, 0.15) is 5.84 Å². The van der Waals surface area contributed by atoms with Gasteiger partial charge in [0.25, 0.3) is 0 Å². The summed E-state index contributed by atoms with van der Waals surface area (Å²) >= 11 is 7.81. The van der Waals surface area contributed by atoms with Crippen LogP contribution in [0.25, 0.3) is 0 Å². The van der Waals surface area contributed by atoms with Crippen molar-refractivity contribution >= 4 is 51.9 Å². The second kappa shape index (κ2) is 7.17. The highest BCUT2D eigenvalue weighted by atomic mass is 35.5. The number of amidine groups is 1. The summed E-state index contributed by atoms with van der Waals surface area (Å²) in [5.74, 6) is 0.915. The molecule has 1 amide bonds. The average molecular weight is 391 g/mol. The van der Waals surface area contributed by atoms with Crippen LogP contribution in [0.2, 0.25) is 5.02 Å². The predicted octanol–water partition coefficient (Wildman–Crippen LogP) is 4.31. The van der Waals surface area contributed by atoms with Crippen molar-refractivity contribution in [1.29, 1.82) is 0 Å². The van der Waals surface area contributed by atoms with Crippen molar-refractivity contribution in [3.63, 3.8) is 0 Å². The SMILES string of the molecule is CCOC(=O)N1CCN(C2=Nc3cc(Cl)ccc3Nc3cscc32)CC1. The molecule has 0 saturated carbocycles. The maximum Gasteiger partial charge on any atom is 0.409 e. The molecule has 1 N–H and O–H groups in total. The van der Waals surface area contributed by atoms with Crippen LogP contribution in [-0.2, 0) is 4.74 Å². The molecule has 0 unspecified atom stereocenters. The summed E-state index contributed by atoms with van der Waals surface area (Å²) in [7, 11) is 0. The van der Waals surface area contributed by atoms with Gasteiger partial charge in [-0.15, -0.1) is 11.3 Å². The first-order valence-corrected chi connectivity index (χ1v) is 9.86. The summed E-state index contributed by atoms with van der Waals surface area (Å²) in [6.45, 7) is 4.88. The van der Waals surface area contributed by atoms with Gasteiger partial charge in [0.2, 0.25) is 0 Å². The smallest absolute Gasteiger partial charge is 0.409 e. The third kappa shape index (κ3) is 3.24. The second-order valence-electron chi connectivity index (χ2n) is 6.09. The third-order valence-electron chi connectivity index (χ3n) is 4.46. The number of rotatable bonds is 1. The molecule has 1 aromatic carbocycles. The number of fused-ring (bicyclic) bond motifs is 2. The Morgan fingerprint density at radius 2 is 2.08 bits per heavy atom. The molecule has 0 spiro atoms. The molecule has 0 atom stereocenters. The number of nitrogens with zero attached hydrogens (tertiary/aromatic N) is 3. The first-order chi connectivity index (χ1) is 12.7. The zero-order valence-corrected chi connectivity index (χ0v) is 15.9. The van der Waals surface area contributed by atoms with Gasteiger partial charge in [0.15, 0.2) is 0 Å². The number of carbonyl (C=O) groups is 1. The molecule has 2 aliphatic heterocycles. The van der Waals surface area contributed by atoms with E-state index in [4.69, 9.17) is 21.3 Å². The largest absolute Gasteiger partial charge is 0.450 e. The number of amides is 1. The van der Waals surface area contributed by atoms with Crippen molar-refractivity contribution in [1.82, 2.24) is 9.80 Å². The highest BCUT2D eigenvalue weighted by molar-refractivity contribution is 7.08. The molecule has 0 radical (unpaired) electrons. The summed E-state index contributed by atoms with van der Waals surface area (Å²) in [5, 5.41) is 8.30. The molecule has 3 heterocycles. The molecule has 6 nitrogen and oxygen atoms in total. The fourth-order valence-corrected chi connectivity index (χ4v) is 4.07. The zero-order chi connectivity index (χ0) is 18.1. The quantitative estimate of drug-likeness (QED) is 0.788. The fourth-order valence-electron chi connectivity index (χ4n) is 3.15. The predicted molar refractivity (Wildman–Crippen MR) is 105 cm³/mol. The van der Waals surface area contributed by atoms with Gasteiger partial charge < -0.3 is 19.9 Å². The number of piperazine rings is 1. The first-order valence-electron chi connectivity index (χ1n) is 8.54. The van der Waals surface area contributed by atoms with Crippen molar-refractivity contribution < 1.29 is 9.53 Å². The summed E-state index contributed by atoms with van der Waals surface area (Å²) in [5.41, 5.74) is 3.88. The lowest BCUT2D eigenvalue weighted by molar-refractivity contribution is 0.0921. The van der Waals surface area contributed by atoms with Gasteiger partial charge >= 0.3 is 6.09 Å². The molecule has 0 aliphatic carbocycles. The Morgan fingerprint density at radius 3 is 2.85 bits per heavy atom. The summed E-state index contributed by atoms with van der Waals surface area (Å²) in [6, 6.07) is 5.68. The minimum absolute atomic E-state index is 0.245. The van der Waals surface area contributed by atoms with Gasteiger partial charge in [-0.05, 0) is 25.1 Å². The van der Waals surface area contributed by atoms with E-state index in [9.17, 15) is 4.79 Å². The fraction of sp³-hybridized carbons (Fsp3) is 0.333. The molecule has 26 heavy (non-hydrogen) atoms. The summed E-state index contributed by atoms with van der Waals surface area (Å²) < 4.78 is 5.10. The average Bonchev–Trinajstić information content (AvgIpc) is 3.04. The van der Waals surface area contributed by atoms with Crippen molar-refractivity contribution in [2.24, 2.45) is 4.99 Å². The van der Waals surface area contributed by atoms with E-state index in [0.29, 0.717) is 37.8 Å². The number of thiophene rings is 1. The first kappa shape index (κ1) is 17.2. The Labute approximate surface area is 161 Å². The van der Waals surface area contributed by atoms with Crippen LogP contribution in [-0.4, -0.2) is 54.5 Å². The number of carbonyl (C=O) groups excluding carboxylic acids is 1. The van der Waals surface area contributed by atoms with E-state index in [-0.39, 0.29) is 6.09 Å². The molecule has 2 aromatic rings. The summed E-state index contributed by atoms with van der Waals surface area (Å²) in [6.07, 6.45) is -0.245. The van der Waals surface area contributed by atoms with Crippen LogP contribution in [0, 0.1) is 0 Å². The van der Waals surface area contributed by atoms with Crippen LogP contribution in [0.5, 0.6) is 0 Å². The Bertz CT molecular complexity index is 859. The molecule has 2 aliphatic rings. The lowest BCUT2D eigenvalue weighted by atomic mass is 10.2. The molecule has 4 rings (SSSR count). The van der Waals surface area contributed by atoms with E-state index in [1.165, 1.54) is 0 Å². The molecule has 1 aromatic heterocycles. The number of aliphatic imine (C=N–C) groups is 1. The van der Waals surface area contributed by atoms with E-state index < -0.39 is 0 Å². The van der Waals surface area contributed by atoms with Crippen LogP contribution in [0.1, 0.15) is 12.5 Å². The Hall–Kier alpha value is -2.25. The number of nitrogens with one attached hydrogen (secondary N) is 1. The minimum Gasteiger partial charge on any atom is -0.450 e. The molecule has 136 valence electrons. The number of anilines is 2. The monoisotopic (exact) mass is 390 g/mol. The number of hydrogen-bond acceptors (Lipinski definition) is 6. The van der Waals surface area contributed by atoms with Crippen LogP contribution >= 0.6 is 22.9 Å². The van der Waals surface area contributed by atoms with E-state index in [1.54, 1.807) is 16.2 Å². The second-order valence-corrected chi connectivity index (χ2v) is 7.27. The van der Waals surface area contributed by atoms with Crippen LogP contribution < -0.4 is 5.32 Å². The Morgan fingerprint density at radius 1 is 1.27 bits per heavy atom. The maximum absolute atomic E-state index is 11.9. The van der Waals surface area contributed by atoms with Crippen LogP contribution in [0.15, 0.2) is 34.0 Å². The number of ether oxygens (including phenoxy) is 1. The van der Waals surface area contributed by atoms with Crippen molar-refractivity contribution in [3.8, 4) is 0 Å². The minimum atomic E-state index is -0.245. The maximum atomic E-state index is 11.9. The van der Waals surface area contributed by atoms with Gasteiger partial charge in [-0.1, -0.05) is 11.6 Å². The van der Waals surface area contributed by atoms with Gasteiger partial charge in [0.05, 0.1) is 29.2 Å². The number of benzene rings is 1. The molecular weight excluding hydrogens is 372 g/mol. The van der Waals surface area contributed by atoms with E-state index in [0.717, 1.165) is 28.5 Å². The van der Waals surface area contributed by atoms with Crippen LogP contribution in [0.3, 0.4) is 0 Å². The highest BCUT2D eigenvalue weighted by Crippen LogP contribution is 2.38. The van der Waals surface area contributed by atoms with E-state index >= 15 is 0 Å². The lowest BCUT2D eigenvalue weighted by Crippen LogP contribution is -2.50. The van der Waals surface area contributed by atoms with Gasteiger partial charge in [-0.2, -0.15) is 0 Å². The molecule has 0 bridgehead atoms. The van der Waals surface area contributed by atoms with Crippen molar-refractivity contribution in [2.45, 2.75) is 6.92 Å². The standard InChI is InChI=1S/C18H19ClN4O2S/c1-2-25-18(24)23-7-5-22(6-8-23)17-13-10-26-11-16(13)20-14-4-3-12(19)9-15(14)21-17/h3-4,9-11,20H,2,5-8H2,1H3. The van der Waals surface area contributed by atoms with Crippen molar-refractivity contribution in [3.05, 3.63) is 39.5 Å². The molecule has 1 saturated heterocycles.